The Bertz CT molecular complexity index is 454. The van der Waals surface area contributed by atoms with Gasteiger partial charge in [-0.05, 0) is 32.4 Å². The number of hydrogen-bond acceptors (Lipinski definition) is 3. The predicted octanol–water partition coefficient (Wildman–Crippen LogP) is 2.14. The molecule has 2 atom stereocenters. The second-order valence-corrected chi connectivity index (χ2v) is 6.02. The fraction of sp³-hybridized carbons (Fsp3) is 0.588. The van der Waals surface area contributed by atoms with E-state index in [-0.39, 0.29) is 18.3 Å². The molecule has 2 rings (SSSR count). The molecule has 4 nitrogen and oxygen atoms in total. The summed E-state index contributed by atoms with van der Waals surface area (Å²) in [6.07, 6.45) is 2.11. The molecule has 1 fully saturated rings. The van der Waals surface area contributed by atoms with E-state index in [4.69, 9.17) is 0 Å². The Morgan fingerprint density at radius 2 is 2.05 bits per heavy atom. The number of likely N-dealkylation sites (tertiary alicyclic amines) is 1. The number of likely N-dealkylation sites (N-methyl/N-ethyl adjacent to an activating group) is 2. The molecule has 1 amide bonds. The van der Waals surface area contributed by atoms with Crippen molar-refractivity contribution in [2.24, 2.45) is 0 Å². The van der Waals surface area contributed by atoms with Crippen molar-refractivity contribution >= 4 is 18.3 Å². The number of piperidine rings is 1. The van der Waals surface area contributed by atoms with Gasteiger partial charge in [-0.1, -0.05) is 30.3 Å². The van der Waals surface area contributed by atoms with Crippen LogP contribution in [-0.4, -0.2) is 55.0 Å². The van der Waals surface area contributed by atoms with E-state index in [1.54, 1.807) is 0 Å². The zero-order valence-corrected chi connectivity index (χ0v) is 14.6. The molecule has 1 aromatic carbocycles. The van der Waals surface area contributed by atoms with Gasteiger partial charge in [0.05, 0.1) is 6.54 Å². The molecule has 1 N–H and O–H groups in total. The van der Waals surface area contributed by atoms with Crippen LogP contribution in [-0.2, 0) is 11.3 Å². The van der Waals surface area contributed by atoms with E-state index in [1.807, 2.05) is 19.0 Å². The number of benzene rings is 1. The van der Waals surface area contributed by atoms with Crippen molar-refractivity contribution in [2.45, 2.75) is 38.4 Å². The van der Waals surface area contributed by atoms with Crippen LogP contribution in [0, 0.1) is 0 Å². The third-order valence-corrected chi connectivity index (χ3v) is 4.48. The van der Waals surface area contributed by atoms with Gasteiger partial charge in [-0.3, -0.25) is 9.69 Å². The summed E-state index contributed by atoms with van der Waals surface area (Å²) in [7, 11) is 3.75. The molecule has 0 aromatic heterocycles. The maximum Gasteiger partial charge on any atom is 0.236 e. The number of hydrogen-bond donors (Lipinski definition) is 1. The number of nitrogens with one attached hydrogen (secondary N) is 1. The smallest absolute Gasteiger partial charge is 0.236 e. The van der Waals surface area contributed by atoms with Crippen molar-refractivity contribution in [3.8, 4) is 0 Å². The first kappa shape index (κ1) is 18.9. The van der Waals surface area contributed by atoms with Crippen LogP contribution in [0.25, 0.3) is 0 Å². The van der Waals surface area contributed by atoms with Crippen LogP contribution in [0.4, 0.5) is 0 Å². The lowest BCUT2D eigenvalue weighted by Gasteiger charge is -2.41. The summed E-state index contributed by atoms with van der Waals surface area (Å²) < 4.78 is 0. The first-order chi connectivity index (χ1) is 10.1. The van der Waals surface area contributed by atoms with Crippen LogP contribution in [0.1, 0.15) is 25.3 Å². The monoisotopic (exact) mass is 325 g/mol. The quantitative estimate of drug-likeness (QED) is 0.901. The zero-order chi connectivity index (χ0) is 15.2. The van der Waals surface area contributed by atoms with Crippen molar-refractivity contribution in [3.63, 3.8) is 0 Å². The highest BCUT2D eigenvalue weighted by Gasteiger charge is 2.29. The third kappa shape index (κ3) is 4.97. The summed E-state index contributed by atoms with van der Waals surface area (Å²) in [4.78, 5) is 16.4. The lowest BCUT2D eigenvalue weighted by atomic mass is 9.96. The Balaban J connectivity index is 0.00000242. The number of rotatable bonds is 5. The van der Waals surface area contributed by atoms with Crippen molar-refractivity contribution in [1.82, 2.24) is 15.1 Å². The normalized spacial score (nSPS) is 22.0. The van der Waals surface area contributed by atoms with E-state index in [2.05, 4.69) is 47.5 Å². The largest absolute Gasteiger partial charge is 0.342 e. The van der Waals surface area contributed by atoms with E-state index in [9.17, 15) is 4.79 Å². The Kier molecular flexibility index (Phi) is 7.87. The second-order valence-electron chi connectivity index (χ2n) is 6.02. The van der Waals surface area contributed by atoms with Gasteiger partial charge in [0.2, 0.25) is 5.91 Å². The molecule has 22 heavy (non-hydrogen) atoms. The molecule has 0 aliphatic carbocycles. The highest BCUT2D eigenvalue weighted by molar-refractivity contribution is 5.85. The van der Waals surface area contributed by atoms with E-state index in [1.165, 1.54) is 5.56 Å². The average molecular weight is 326 g/mol. The minimum absolute atomic E-state index is 0. The molecule has 0 bridgehead atoms. The van der Waals surface area contributed by atoms with Crippen LogP contribution < -0.4 is 5.32 Å². The van der Waals surface area contributed by atoms with Gasteiger partial charge in [0.1, 0.15) is 0 Å². The molecule has 1 aliphatic heterocycles. The SMILES string of the molecule is CNCC(=O)N(C)C1CCN(Cc2ccccc2)C(C)C1.Cl. The fourth-order valence-electron chi connectivity index (χ4n) is 3.08. The molecule has 5 heteroatoms. The maximum absolute atomic E-state index is 12.0. The first-order valence-electron chi connectivity index (χ1n) is 7.80. The summed E-state index contributed by atoms with van der Waals surface area (Å²) >= 11 is 0. The minimum Gasteiger partial charge on any atom is -0.342 e. The summed E-state index contributed by atoms with van der Waals surface area (Å²) in [5, 5.41) is 2.94. The van der Waals surface area contributed by atoms with Gasteiger partial charge in [0.25, 0.3) is 0 Å². The lowest BCUT2D eigenvalue weighted by molar-refractivity contribution is -0.132. The van der Waals surface area contributed by atoms with Gasteiger partial charge in [0.15, 0.2) is 0 Å². The number of amides is 1. The highest BCUT2D eigenvalue weighted by atomic mass is 35.5. The van der Waals surface area contributed by atoms with E-state index >= 15 is 0 Å². The van der Waals surface area contributed by atoms with Crippen molar-refractivity contribution in [1.29, 1.82) is 0 Å². The second kappa shape index (κ2) is 9.13. The third-order valence-electron chi connectivity index (χ3n) is 4.48. The molecule has 1 heterocycles. The van der Waals surface area contributed by atoms with Gasteiger partial charge >= 0.3 is 0 Å². The molecule has 1 aromatic rings. The average Bonchev–Trinajstić information content (AvgIpc) is 2.50. The van der Waals surface area contributed by atoms with Crippen LogP contribution in [0.3, 0.4) is 0 Å². The van der Waals surface area contributed by atoms with E-state index in [0.29, 0.717) is 18.6 Å². The standard InChI is InChI=1S/C17H27N3O.ClH/c1-14-11-16(19(3)17(21)12-18-2)9-10-20(14)13-15-7-5-4-6-8-15;/h4-8,14,16,18H,9-13H2,1-3H3;1H. The Morgan fingerprint density at radius 1 is 1.36 bits per heavy atom. The van der Waals surface area contributed by atoms with Gasteiger partial charge < -0.3 is 10.2 Å². The summed E-state index contributed by atoms with van der Waals surface area (Å²) in [6, 6.07) is 11.5. The number of halogens is 1. The van der Waals surface area contributed by atoms with Crippen molar-refractivity contribution in [2.75, 3.05) is 27.2 Å². The Labute approximate surface area is 140 Å². The van der Waals surface area contributed by atoms with Crippen LogP contribution in [0.15, 0.2) is 30.3 Å². The maximum atomic E-state index is 12.0. The Morgan fingerprint density at radius 3 is 2.64 bits per heavy atom. The molecule has 1 saturated heterocycles. The van der Waals surface area contributed by atoms with Gasteiger partial charge in [-0.25, -0.2) is 0 Å². The highest BCUT2D eigenvalue weighted by Crippen LogP contribution is 2.22. The molecule has 1 aliphatic rings. The molecular formula is C17H28ClN3O. The number of carbonyl (C=O) groups is 1. The number of carbonyl (C=O) groups excluding carboxylic acids is 1. The molecule has 124 valence electrons. The number of nitrogens with zero attached hydrogens (tertiary/aromatic N) is 2. The molecule has 2 unspecified atom stereocenters. The van der Waals surface area contributed by atoms with Crippen molar-refractivity contribution in [3.05, 3.63) is 35.9 Å². The van der Waals surface area contributed by atoms with E-state index < -0.39 is 0 Å². The van der Waals surface area contributed by atoms with E-state index in [0.717, 1.165) is 25.9 Å². The van der Waals surface area contributed by atoms with Gasteiger partial charge in [-0.15, -0.1) is 12.4 Å². The molecule has 0 saturated carbocycles. The molecule has 0 radical (unpaired) electrons. The first-order valence-corrected chi connectivity index (χ1v) is 7.80. The summed E-state index contributed by atoms with van der Waals surface area (Å²) in [5.41, 5.74) is 1.36. The predicted molar refractivity (Wildman–Crippen MR) is 93.3 cm³/mol. The molecular weight excluding hydrogens is 298 g/mol. The minimum atomic E-state index is 0. The summed E-state index contributed by atoms with van der Waals surface area (Å²) in [6.45, 7) is 4.75. The zero-order valence-electron chi connectivity index (χ0n) is 13.8. The lowest BCUT2D eigenvalue weighted by Crippen LogP contribution is -2.50. The van der Waals surface area contributed by atoms with Gasteiger partial charge in [-0.2, -0.15) is 0 Å². The van der Waals surface area contributed by atoms with Crippen LogP contribution in [0.2, 0.25) is 0 Å². The van der Waals surface area contributed by atoms with Crippen molar-refractivity contribution < 1.29 is 4.79 Å². The fourth-order valence-corrected chi connectivity index (χ4v) is 3.08. The Hall–Kier alpha value is -1.10. The van der Waals surface area contributed by atoms with Crippen LogP contribution in [0.5, 0.6) is 0 Å². The van der Waals surface area contributed by atoms with Crippen LogP contribution >= 0.6 is 12.4 Å². The van der Waals surface area contributed by atoms with Gasteiger partial charge in [0, 0.05) is 32.2 Å². The topological polar surface area (TPSA) is 35.6 Å². The molecule has 0 spiro atoms. The summed E-state index contributed by atoms with van der Waals surface area (Å²) in [5.74, 6) is 0.186.